The number of carbonyl (C=O) groups is 4. The topological polar surface area (TPSA) is 174 Å². The fraction of sp³-hybridized carbons (Fsp3) is 0.500. The second-order valence-corrected chi connectivity index (χ2v) is 20.7. The second kappa shape index (κ2) is 21.0. The van der Waals surface area contributed by atoms with Crippen LogP contribution >= 0.6 is 22.9 Å². The lowest BCUT2D eigenvalue weighted by atomic mass is 9.49. The van der Waals surface area contributed by atoms with Gasteiger partial charge in [0.1, 0.15) is 36.3 Å². The van der Waals surface area contributed by atoms with Crippen LogP contribution in [0.15, 0.2) is 72.2 Å². The summed E-state index contributed by atoms with van der Waals surface area (Å²) in [6.45, 7) is 17.5. The van der Waals surface area contributed by atoms with Crippen LogP contribution in [0.5, 0.6) is 11.5 Å². The lowest BCUT2D eigenvalue weighted by Gasteiger charge is -2.63. The molecule has 0 spiro atoms. The van der Waals surface area contributed by atoms with Crippen LogP contribution in [0.3, 0.4) is 0 Å². The molecule has 65 heavy (non-hydrogen) atoms. The van der Waals surface area contributed by atoms with E-state index in [-0.39, 0.29) is 53.2 Å². The number of nitrogen functional groups attached to an aromatic ring is 1. The fourth-order valence-electron chi connectivity index (χ4n) is 9.25. The van der Waals surface area contributed by atoms with Gasteiger partial charge in [0.25, 0.3) is 5.91 Å². The van der Waals surface area contributed by atoms with E-state index >= 15 is 0 Å². The van der Waals surface area contributed by atoms with Crippen molar-refractivity contribution in [3.8, 4) is 21.9 Å². The van der Waals surface area contributed by atoms with E-state index in [0.29, 0.717) is 66.9 Å². The number of nitrogens with two attached hydrogens (primary N) is 1. The first-order valence-electron chi connectivity index (χ1n) is 22.5. The molecule has 2 aliphatic rings. The Labute approximate surface area is 392 Å². The molecule has 0 radical (unpaired) electrons. The van der Waals surface area contributed by atoms with Crippen molar-refractivity contribution in [1.29, 1.82) is 0 Å². The monoisotopic (exact) mass is 928 g/mol. The van der Waals surface area contributed by atoms with Crippen LogP contribution < -0.4 is 31.2 Å². The highest BCUT2D eigenvalue weighted by Crippen LogP contribution is 2.55. The highest BCUT2D eigenvalue weighted by molar-refractivity contribution is 7.13. The van der Waals surface area contributed by atoms with E-state index in [1.165, 1.54) is 0 Å². The van der Waals surface area contributed by atoms with Gasteiger partial charge < -0.3 is 40.8 Å². The third kappa shape index (κ3) is 12.0. The van der Waals surface area contributed by atoms with Crippen molar-refractivity contribution in [2.75, 3.05) is 32.1 Å². The van der Waals surface area contributed by atoms with Crippen LogP contribution in [-0.4, -0.2) is 84.1 Å². The molecule has 1 saturated heterocycles. The first kappa shape index (κ1) is 49.3. The van der Waals surface area contributed by atoms with E-state index in [1.54, 1.807) is 58.7 Å². The molecule has 2 atom stereocenters. The number of hydrogen-bond donors (Lipinski definition) is 4. The molecular formula is C50H65ClN6O7S. The molecular weight excluding hydrogens is 864 g/mol. The highest BCUT2D eigenvalue weighted by atomic mass is 35.5. The molecule has 2 fully saturated rings. The third-order valence-electron chi connectivity index (χ3n) is 12.6. The highest BCUT2D eigenvalue weighted by Gasteiger charge is 2.64. The number of nitrogens with one attached hydrogen (secondary N) is 3. The smallest absolute Gasteiger partial charge is 0.251 e. The number of unbranched alkanes of at least 4 members (excludes halogenated alkanes) is 2. The number of halogens is 1. The molecule has 2 heterocycles. The Morgan fingerprint density at radius 2 is 1.62 bits per heavy atom. The zero-order valence-corrected chi connectivity index (χ0v) is 40.5. The lowest BCUT2D eigenvalue weighted by Crippen LogP contribution is -2.74. The first-order chi connectivity index (χ1) is 30.8. The van der Waals surface area contributed by atoms with E-state index < -0.39 is 17.5 Å². The Balaban J connectivity index is 0.866. The van der Waals surface area contributed by atoms with E-state index in [1.807, 2.05) is 57.5 Å². The number of aryl methyl sites for hydroxylation is 1. The quantitative estimate of drug-likeness (QED) is 0.0532. The van der Waals surface area contributed by atoms with Crippen molar-refractivity contribution >= 4 is 52.3 Å². The van der Waals surface area contributed by atoms with E-state index in [0.717, 1.165) is 41.0 Å². The number of rotatable bonds is 19. The van der Waals surface area contributed by atoms with Gasteiger partial charge in [0, 0.05) is 48.2 Å². The molecule has 3 aromatic carbocycles. The molecule has 1 aromatic heterocycles. The lowest BCUT2D eigenvalue weighted by molar-refractivity contribution is -0.164. The summed E-state index contributed by atoms with van der Waals surface area (Å²) in [5.74, 6) is 0.291. The maximum Gasteiger partial charge on any atom is 0.251 e. The molecule has 1 aliphatic carbocycles. The van der Waals surface area contributed by atoms with Gasteiger partial charge in [0.2, 0.25) is 17.7 Å². The number of thiazole rings is 1. The number of ether oxygens (including phenoxy) is 3. The maximum atomic E-state index is 13.9. The predicted molar refractivity (Wildman–Crippen MR) is 256 cm³/mol. The Morgan fingerprint density at radius 1 is 0.938 bits per heavy atom. The number of amides is 4. The minimum Gasteiger partial charge on any atom is -0.494 e. The van der Waals surface area contributed by atoms with Crippen LogP contribution in [0.1, 0.15) is 102 Å². The van der Waals surface area contributed by atoms with Gasteiger partial charge in [-0.05, 0) is 92.0 Å². The summed E-state index contributed by atoms with van der Waals surface area (Å²) < 4.78 is 18.0. The fourth-order valence-corrected chi connectivity index (χ4v) is 10.2. The summed E-state index contributed by atoms with van der Waals surface area (Å²) in [6, 6.07) is 18.8. The Hall–Kier alpha value is -5.18. The van der Waals surface area contributed by atoms with Gasteiger partial charge in [-0.15, -0.1) is 11.3 Å². The maximum absolute atomic E-state index is 13.9. The average Bonchev–Trinajstić information content (AvgIpc) is 3.94. The Kier molecular flexibility index (Phi) is 15.9. The van der Waals surface area contributed by atoms with Gasteiger partial charge in [-0.25, -0.2) is 4.98 Å². The summed E-state index contributed by atoms with van der Waals surface area (Å²) in [7, 11) is 0. The Bertz CT molecular complexity index is 2280. The number of benzene rings is 3. The zero-order valence-electron chi connectivity index (χ0n) is 38.9. The van der Waals surface area contributed by atoms with Crippen molar-refractivity contribution < 1.29 is 33.4 Å². The molecule has 1 aliphatic heterocycles. The number of aromatic nitrogens is 1. The normalized spacial score (nSPS) is 19.2. The van der Waals surface area contributed by atoms with Gasteiger partial charge in [-0.3, -0.25) is 19.2 Å². The summed E-state index contributed by atoms with van der Waals surface area (Å²) in [6.07, 6.45) is 3.43. The van der Waals surface area contributed by atoms with Crippen molar-refractivity contribution in [2.24, 2.45) is 16.2 Å². The number of likely N-dealkylation sites (tertiary alicyclic amines) is 1. The van der Waals surface area contributed by atoms with E-state index in [4.69, 9.17) is 31.5 Å². The molecule has 13 nitrogen and oxygen atoms in total. The van der Waals surface area contributed by atoms with Crippen LogP contribution in [-0.2, 0) is 25.7 Å². The third-order valence-corrected chi connectivity index (χ3v) is 13.9. The van der Waals surface area contributed by atoms with Gasteiger partial charge in [-0.2, -0.15) is 0 Å². The standard InChI is InChI=1S/C50H65ClN6O7S/c1-31-41(65-30-54-31)33-16-14-32(15-17-33)28-53-44(60)39-13-12-24-57(39)45(61)42(48(2,3)4)55-40(58)29-62-25-10-9-11-26-63-35-20-18-34(19-21-35)43(59)56-46-49(5,6)47(50(46,7)8)64-36-22-23-38(52)37(51)27-36/h14-23,27,30,39,42,46-47H,9-13,24-26,28-29,52H2,1-8H3,(H,53,60)(H,55,58)(H,56,59)/t39-,42?,46?,47?/m0/s1. The summed E-state index contributed by atoms with van der Waals surface area (Å²) >= 11 is 7.81. The van der Waals surface area contributed by atoms with Crippen LogP contribution in [0.2, 0.25) is 5.02 Å². The minimum atomic E-state index is -0.826. The number of carbonyl (C=O) groups excluding carboxylic acids is 4. The van der Waals surface area contributed by atoms with Crippen molar-refractivity contribution in [1.82, 2.24) is 25.8 Å². The van der Waals surface area contributed by atoms with Gasteiger partial charge in [-0.1, -0.05) is 84.3 Å². The summed E-state index contributed by atoms with van der Waals surface area (Å²) in [5.41, 5.74) is 10.5. The van der Waals surface area contributed by atoms with E-state index in [9.17, 15) is 19.2 Å². The zero-order chi connectivity index (χ0) is 47.1. The Morgan fingerprint density at radius 3 is 2.26 bits per heavy atom. The first-order valence-corrected chi connectivity index (χ1v) is 23.7. The molecule has 6 rings (SSSR count). The van der Waals surface area contributed by atoms with Crippen LogP contribution in [0, 0.1) is 23.2 Å². The molecule has 1 saturated carbocycles. The molecule has 0 bridgehead atoms. The van der Waals surface area contributed by atoms with Crippen LogP contribution in [0.4, 0.5) is 5.69 Å². The molecule has 5 N–H and O–H groups in total. The molecule has 4 amide bonds. The number of hydrogen-bond acceptors (Lipinski definition) is 10. The largest absolute Gasteiger partial charge is 0.494 e. The molecule has 350 valence electrons. The van der Waals surface area contributed by atoms with Gasteiger partial charge in [0.05, 0.1) is 33.4 Å². The van der Waals surface area contributed by atoms with Crippen LogP contribution in [0.25, 0.3) is 10.4 Å². The van der Waals surface area contributed by atoms with Gasteiger partial charge in [0.15, 0.2) is 0 Å². The van der Waals surface area contributed by atoms with Crippen molar-refractivity contribution in [3.63, 3.8) is 0 Å². The molecule has 15 heteroatoms. The SMILES string of the molecule is Cc1ncsc1-c1ccc(CNC(=O)[C@@H]2CCCN2C(=O)C(NC(=O)COCCCCCOc2ccc(C(=O)NC3C(C)(C)C(Oc4ccc(N)c(Cl)c4)C3(C)C)cc2)C(C)(C)C)cc1. The van der Waals surface area contributed by atoms with Crippen molar-refractivity contribution in [3.05, 3.63) is 94.1 Å². The van der Waals surface area contributed by atoms with Gasteiger partial charge >= 0.3 is 0 Å². The van der Waals surface area contributed by atoms with Crippen molar-refractivity contribution in [2.45, 2.75) is 118 Å². The summed E-state index contributed by atoms with van der Waals surface area (Å²) in [4.78, 5) is 60.8. The second-order valence-electron chi connectivity index (χ2n) is 19.5. The average molecular weight is 930 g/mol. The predicted octanol–water partition coefficient (Wildman–Crippen LogP) is 8.37. The van der Waals surface area contributed by atoms with E-state index in [2.05, 4.69) is 48.6 Å². The number of nitrogens with zero attached hydrogens (tertiary/aromatic N) is 2. The molecule has 1 unspecified atom stereocenters. The molecule has 4 aromatic rings. The minimum absolute atomic E-state index is 0.133. The number of anilines is 1. The summed E-state index contributed by atoms with van der Waals surface area (Å²) in [5, 5.41) is 9.59.